The molecule has 7 nitrogen and oxygen atoms in total. The zero-order valence-electron chi connectivity index (χ0n) is 16.4. The molecule has 3 rings (SSSR count). The predicted octanol–water partition coefficient (Wildman–Crippen LogP) is 2.87. The summed E-state index contributed by atoms with van der Waals surface area (Å²) in [4.78, 5) is 36.7. The van der Waals surface area contributed by atoms with Gasteiger partial charge in [-0.3, -0.25) is 9.59 Å². The molecule has 0 saturated carbocycles. The van der Waals surface area contributed by atoms with Crippen molar-refractivity contribution in [3.05, 3.63) is 89.0 Å². The van der Waals surface area contributed by atoms with Crippen LogP contribution in [0.2, 0.25) is 0 Å². The van der Waals surface area contributed by atoms with Crippen molar-refractivity contribution in [3.63, 3.8) is 0 Å². The van der Waals surface area contributed by atoms with E-state index in [1.54, 1.807) is 61.5 Å². The molecule has 3 aromatic carbocycles. The zero-order valence-corrected chi connectivity index (χ0v) is 16.4. The summed E-state index contributed by atoms with van der Waals surface area (Å²) >= 11 is 0. The Hall–Kier alpha value is -4.13. The van der Waals surface area contributed by atoms with Crippen LogP contribution in [-0.2, 0) is 0 Å². The Balaban J connectivity index is 1.84. The van der Waals surface area contributed by atoms with Crippen LogP contribution in [0, 0.1) is 6.92 Å². The van der Waals surface area contributed by atoms with Gasteiger partial charge >= 0.3 is 0 Å². The van der Waals surface area contributed by atoms with Crippen LogP contribution in [0.15, 0.2) is 66.7 Å². The Bertz CT molecular complexity index is 1120. The van der Waals surface area contributed by atoms with Gasteiger partial charge in [0.25, 0.3) is 11.8 Å². The third kappa shape index (κ3) is 4.47. The number of rotatable bonds is 6. The largest absolute Gasteiger partial charge is 0.545 e. The number of ether oxygens (including phenoxy) is 1. The summed E-state index contributed by atoms with van der Waals surface area (Å²) in [5, 5.41) is 16.6. The van der Waals surface area contributed by atoms with E-state index in [9.17, 15) is 19.5 Å². The Labute approximate surface area is 173 Å². The number of amides is 2. The minimum absolute atomic E-state index is 0.00703. The molecule has 2 amide bonds. The fourth-order valence-electron chi connectivity index (χ4n) is 2.93. The maximum Gasteiger partial charge on any atom is 0.257 e. The molecule has 0 radical (unpaired) electrons. The van der Waals surface area contributed by atoms with Gasteiger partial charge < -0.3 is 25.3 Å². The number of aromatic carboxylic acids is 1. The van der Waals surface area contributed by atoms with Crippen LogP contribution in [0.4, 0.5) is 11.4 Å². The molecule has 0 bridgehead atoms. The van der Waals surface area contributed by atoms with E-state index in [1.165, 1.54) is 19.2 Å². The highest BCUT2D eigenvalue weighted by Gasteiger charge is 2.16. The fraction of sp³-hybridized carbons (Fsp3) is 0.0870. The van der Waals surface area contributed by atoms with E-state index in [0.717, 1.165) is 0 Å². The number of hydrogen-bond donors (Lipinski definition) is 2. The minimum atomic E-state index is -1.32. The molecule has 0 aliphatic carbocycles. The number of benzene rings is 3. The SMILES string of the molecule is COc1cccc(C(=O)Nc2ccccc2C(=O)Nc2cccc(C(=O)[O-])c2C)c1. The Morgan fingerprint density at radius 3 is 2.17 bits per heavy atom. The maximum atomic E-state index is 12.8. The van der Waals surface area contributed by atoms with Gasteiger partial charge in [0, 0.05) is 16.8 Å². The van der Waals surface area contributed by atoms with E-state index in [1.807, 2.05) is 0 Å². The molecule has 0 heterocycles. The van der Waals surface area contributed by atoms with Crippen LogP contribution in [0.1, 0.15) is 36.6 Å². The van der Waals surface area contributed by atoms with Gasteiger partial charge in [-0.1, -0.05) is 30.3 Å². The number of nitrogens with one attached hydrogen (secondary N) is 2. The van der Waals surface area contributed by atoms with Gasteiger partial charge in [-0.2, -0.15) is 0 Å². The summed E-state index contributed by atoms with van der Waals surface area (Å²) in [7, 11) is 1.51. The van der Waals surface area contributed by atoms with E-state index >= 15 is 0 Å². The lowest BCUT2D eigenvalue weighted by molar-refractivity contribution is -0.255. The molecule has 0 saturated heterocycles. The molecule has 0 spiro atoms. The van der Waals surface area contributed by atoms with Gasteiger partial charge in [0.15, 0.2) is 0 Å². The number of carbonyl (C=O) groups excluding carboxylic acids is 3. The van der Waals surface area contributed by atoms with Crippen molar-refractivity contribution < 1.29 is 24.2 Å². The maximum absolute atomic E-state index is 12.8. The summed E-state index contributed by atoms with van der Waals surface area (Å²) in [5.74, 6) is -1.68. The van der Waals surface area contributed by atoms with E-state index in [-0.39, 0.29) is 11.1 Å². The predicted molar refractivity (Wildman–Crippen MR) is 111 cm³/mol. The highest BCUT2D eigenvalue weighted by atomic mass is 16.5. The standard InChI is InChI=1S/C23H20N2O5/c1-14-17(23(28)29)10-6-12-19(14)24-22(27)18-9-3-4-11-20(18)25-21(26)15-7-5-8-16(13-15)30-2/h3-13H,1-2H3,(H,24,27)(H,25,26)(H,28,29)/p-1. The number of anilines is 2. The normalized spacial score (nSPS) is 10.2. The van der Waals surface area contributed by atoms with Crippen molar-refractivity contribution in [3.8, 4) is 5.75 Å². The van der Waals surface area contributed by atoms with E-state index in [4.69, 9.17) is 4.74 Å². The van der Waals surface area contributed by atoms with Crippen molar-refractivity contribution in [2.45, 2.75) is 6.92 Å². The molecule has 0 aliphatic heterocycles. The summed E-state index contributed by atoms with van der Waals surface area (Å²) < 4.78 is 5.13. The minimum Gasteiger partial charge on any atom is -0.545 e. The van der Waals surface area contributed by atoms with Crippen molar-refractivity contribution in [2.75, 3.05) is 17.7 Å². The second kappa shape index (κ2) is 8.91. The average molecular weight is 403 g/mol. The van der Waals surface area contributed by atoms with E-state index < -0.39 is 17.8 Å². The molecular formula is C23H19N2O5-. The number of carbonyl (C=O) groups is 3. The Morgan fingerprint density at radius 2 is 1.43 bits per heavy atom. The Kier molecular flexibility index (Phi) is 6.12. The lowest BCUT2D eigenvalue weighted by atomic mass is 10.1. The number of para-hydroxylation sites is 1. The first-order chi connectivity index (χ1) is 14.4. The van der Waals surface area contributed by atoms with Crippen LogP contribution >= 0.6 is 0 Å². The Morgan fingerprint density at radius 1 is 0.800 bits per heavy atom. The summed E-state index contributed by atoms with van der Waals surface area (Å²) in [6.45, 7) is 1.58. The monoisotopic (exact) mass is 403 g/mol. The van der Waals surface area contributed by atoms with Crippen LogP contribution in [0.3, 0.4) is 0 Å². The molecule has 0 aliphatic rings. The van der Waals surface area contributed by atoms with E-state index in [0.29, 0.717) is 28.3 Å². The second-order valence-corrected chi connectivity index (χ2v) is 6.45. The molecule has 2 N–H and O–H groups in total. The molecule has 0 aromatic heterocycles. The van der Waals surface area contributed by atoms with Gasteiger partial charge in [0.2, 0.25) is 0 Å². The third-order valence-corrected chi connectivity index (χ3v) is 4.55. The van der Waals surface area contributed by atoms with Gasteiger partial charge in [-0.05, 0) is 48.9 Å². The number of carboxylic acid groups (broad SMARTS) is 1. The highest BCUT2D eigenvalue weighted by molar-refractivity contribution is 6.13. The van der Waals surface area contributed by atoms with Crippen molar-refractivity contribution >= 4 is 29.2 Å². The van der Waals surface area contributed by atoms with Crippen molar-refractivity contribution in [1.82, 2.24) is 0 Å². The molecule has 0 fully saturated rings. The summed E-state index contributed by atoms with van der Waals surface area (Å²) in [5.41, 5.74) is 1.64. The van der Waals surface area contributed by atoms with Crippen LogP contribution < -0.4 is 20.5 Å². The molecule has 152 valence electrons. The van der Waals surface area contributed by atoms with Gasteiger partial charge in [-0.15, -0.1) is 0 Å². The number of hydrogen-bond acceptors (Lipinski definition) is 5. The first kappa shape index (κ1) is 20.6. The topological polar surface area (TPSA) is 108 Å². The molecule has 7 heteroatoms. The number of carboxylic acids is 1. The molecule has 30 heavy (non-hydrogen) atoms. The van der Waals surface area contributed by atoms with Crippen LogP contribution in [0.5, 0.6) is 5.75 Å². The molecule has 0 atom stereocenters. The zero-order chi connectivity index (χ0) is 21.7. The van der Waals surface area contributed by atoms with Crippen LogP contribution in [0.25, 0.3) is 0 Å². The van der Waals surface area contributed by atoms with Gasteiger partial charge in [0.05, 0.1) is 24.3 Å². The number of methoxy groups -OCH3 is 1. The first-order valence-electron chi connectivity index (χ1n) is 9.07. The smallest absolute Gasteiger partial charge is 0.257 e. The first-order valence-corrected chi connectivity index (χ1v) is 9.07. The molecule has 3 aromatic rings. The second-order valence-electron chi connectivity index (χ2n) is 6.45. The summed E-state index contributed by atoms with van der Waals surface area (Å²) in [6.07, 6.45) is 0. The fourth-order valence-corrected chi connectivity index (χ4v) is 2.93. The van der Waals surface area contributed by atoms with Gasteiger partial charge in [0.1, 0.15) is 5.75 Å². The summed E-state index contributed by atoms with van der Waals surface area (Å²) in [6, 6.07) is 17.7. The third-order valence-electron chi connectivity index (χ3n) is 4.55. The van der Waals surface area contributed by atoms with Crippen molar-refractivity contribution in [1.29, 1.82) is 0 Å². The van der Waals surface area contributed by atoms with Crippen molar-refractivity contribution in [2.24, 2.45) is 0 Å². The lowest BCUT2D eigenvalue weighted by Gasteiger charge is -2.15. The van der Waals surface area contributed by atoms with E-state index in [2.05, 4.69) is 10.6 Å². The average Bonchev–Trinajstić information content (AvgIpc) is 2.75. The quantitative estimate of drug-likeness (QED) is 0.658. The lowest BCUT2D eigenvalue weighted by Crippen LogP contribution is -2.24. The van der Waals surface area contributed by atoms with Gasteiger partial charge in [-0.25, -0.2) is 0 Å². The van der Waals surface area contributed by atoms with Crippen LogP contribution in [-0.4, -0.2) is 24.9 Å². The molecule has 0 unspecified atom stereocenters. The highest BCUT2D eigenvalue weighted by Crippen LogP contribution is 2.22. The molecular weight excluding hydrogens is 384 g/mol.